The molecule has 0 aromatic carbocycles. The van der Waals surface area contributed by atoms with Crippen LogP contribution in [0.2, 0.25) is 0 Å². The lowest BCUT2D eigenvalue weighted by Crippen LogP contribution is -2.39. The van der Waals surface area contributed by atoms with Crippen molar-refractivity contribution in [2.75, 3.05) is 37.7 Å². The van der Waals surface area contributed by atoms with Crippen LogP contribution in [0.4, 0.5) is 5.82 Å². The maximum Gasteiger partial charge on any atom is 0.238 e. The van der Waals surface area contributed by atoms with Crippen molar-refractivity contribution in [1.82, 2.24) is 34.4 Å². The number of carbonyl (C=O) groups is 1. The van der Waals surface area contributed by atoms with Crippen LogP contribution in [0.15, 0.2) is 24.7 Å². The highest BCUT2D eigenvalue weighted by atomic mass is 16.2. The third-order valence-corrected chi connectivity index (χ3v) is 9.27. The maximum atomic E-state index is 13.3. The first kappa shape index (κ1) is 26.7. The van der Waals surface area contributed by atoms with E-state index < -0.39 is 0 Å². The molecule has 0 spiro atoms. The summed E-state index contributed by atoms with van der Waals surface area (Å²) in [5, 5.41) is 4.42. The molecule has 2 fully saturated rings. The van der Waals surface area contributed by atoms with E-state index in [0.717, 1.165) is 65.4 Å². The maximum absolute atomic E-state index is 13.3. The highest BCUT2D eigenvalue weighted by Crippen LogP contribution is 2.38. The van der Waals surface area contributed by atoms with Crippen LogP contribution < -0.4 is 4.90 Å². The summed E-state index contributed by atoms with van der Waals surface area (Å²) in [6.07, 6.45) is 7.14. The average molecular weight is 543 g/mol. The summed E-state index contributed by atoms with van der Waals surface area (Å²) in [7, 11) is 0. The van der Waals surface area contributed by atoms with E-state index in [9.17, 15) is 4.79 Å². The molecular formula is C31H42N8O. The zero-order valence-corrected chi connectivity index (χ0v) is 24.7. The van der Waals surface area contributed by atoms with E-state index in [4.69, 9.17) is 4.98 Å². The number of likely N-dealkylation sites (tertiary alicyclic amines) is 1. The van der Waals surface area contributed by atoms with Gasteiger partial charge in [0.15, 0.2) is 5.65 Å². The van der Waals surface area contributed by atoms with Crippen LogP contribution in [0.5, 0.6) is 0 Å². The molecule has 1 amide bonds. The molecule has 6 heterocycles. The number of hydrogen-bond donors (Lipinski definition) is 1. The fraction of sp³-hybridized carbons (Fsp3) is 0.548. The molecule has 2 saturated heterocycles. The summed E-state index contributed by atoms with van der Waals surface area (Å²) in [5.74, 6) is 1.90. The molecule has 2 atom stereocenters. The van der Waals surface area contributed by atoms with Gasteiger partial charge in [-0.15, -0.1) is 0 Å². The largest absolute Gasteiger partial charge is 0.353 e. The molecule has 1 N–H and O–H groups in total. The Hall–Kier alpha value is -3.46. The van der Waals surface area contributed by atoms with Crippen molar-refractivity contribution in [3.63, 3.8) is 0 Å². The Balaban J connectivity index is 1.39. The fourth-order valence-corrected chi connectivity index (χ4v) is 6.55. The van der Waals surface area contributed by atoms with E-state index >= 15 is 0 Å². The zero-order chi connectivity index (χ0) is 28.1. The number of nitrogens with zero attached hydrogens (tertiary/aromatic N) is 7. The van der Waals surface area contributed by atoms with E-state index in [1.165, 1.54) is 24.0 Å². The first-order chi connectivity index (χ1) is 19.3. The van der Waals surface area contributed by atoms with E-state index in [1.807, 2.05) is 9.42 Å². The van der Waals surface area contributed by atoms with Crippen LogP contribution in [0.3, 0.4) is 0 Å². The Labute approximate surface area is 236 Å². The van der Waals surface area contributed by atoms with Gasteiger partial charge in [0.25, 0.3) is 0 Å². The number of aromatic nitrogens is 5. The number of aromatic amines is 1. The van der Waals surface area contributed by atoms with Crippen molar-refractivity contribution in [2.24, 2.45) is 5.92 Å². The molecule has 0 radical (unpaired) electrons. The Bertz CT molecular complexity index is 1550. The number of rotatable bonds is 7. The van der Waals surface area contributed by atoms with Crippen molar-refractivity contribution >= 4 is 28.4 Å². The second-order valence-electron chi connectivity index (χ2n) is 12.1. The lowest BCUT2D eigenvalue weighted by atomic mass is 9.95. The number of anilines is 1. The smallest absolute Gasteiger partial charge is 0.238 e. The molecule has 212 valence electrons. The second-order valence-corrected chi connectivity index (χ2v) is 12.1. The minimum atomic E-state index is 0.236. The van der Waals surface area contributed by atoms with Crippen LogP contribution in [0, 0.1) is 19.8 Å². The number of carbonyl (C=O) groups excluding carboxylic acids is 1. The van der Waals surface area contributed by atoms with Crippen LogP contribution >= 0.6 is 0 Å². The van der Waals surface area contributed by atoms with Crippen molar-refractivity contribution < 1.29 is 4.79 Å². The summed E-state index contributed by atoms with van der Waals surface area (Å²) in [5.41, 5.74) is 8.66. The molecule has 2 aliphatic rings. The monoisotopic (exact) mass is 542 g/mol. The normalized spacial score (nSPS) is 19.1. The fourth-order valence-electron chi connectivity index (χ4n) is 6.55. The van der Waals surface area contributed by atoms with Gasteiger partial charge in [0.1, 0.15) is 12.1 Å². The van der Waals surface area contributed by atoms with Gasteiger partial charge in [0.05, 0.1) is 36.0 Å². The number of hydrogen-bond acceptors (Lipinski definition) is 6. The molecule has 4 aromatic rings. The summed E-state index contributed by atoms with van der Waals surface area (Å²) >= 11 is 0. The van der Waals surface area contributed by atoms with Crippen LogP contribution in [0.1, 0.15) is 69.6 Å². The van der Waals surface area contributed by atoms with Crippen LogP contribution in [-0.4, -0.2) is 79.2 Å². The molecule has 9 heteroatoms. The summed E-state index contributed by atoms with van der Waals surface area (Å²) in [6.45, 7) is 17.2. The number of pyridine rings is 2. The minimum absolute atomic E-state index is 0.236. The van der Waals surface area contributed by atoms with E-state index in [1.54, 1.807) is 6.33 Å². The van der Waals surface area contributed by atoms with Gasteiger partial charge in [0, 0.05) is 23.9 Å². The highest BCUT2D eigenvalue weighted by molar-refractivity contribution is 5.90. The van der Waals surface area contributed by atoms with E-state index in [-0.39, 0.29) is 17.9 Å². The molecule has 1 unspecified atom stereocenters. The molecule has 2 aliphatic heterocycles. The highest BCUT2D eigenvalue weighted by Gasteiger charge is 2.37. The zero-order valence-electron chi connectivity index (χ0n) is 24.7. The lowest BCUT2D eigenvalue weighted by Gasteiger charge is -2.28. The molecule has 0 bridgehead atoms. The molecule has 4 aromatic heterocycles. The third kappa shape index (κ3) is 4.54. The van der Waals surface area contributed by atoms with Gasteiger partial charge >= 0.3 is 0 Å². The molecule has 0 aliphatic carbocycles. The third-order valence-electron chi connectivity index (χ3n) is 9.27. The van der Waals surface area contributed by atoms with Crippen LogP contribution in [0.25, 0.3) is 27.9 Å². The Morgan fingerprint density at radius 1 is 1.12 bits per heavy atom. The Morgan fingerprint density at radius 2 is 1.90 bits per heavy atom. The number of aryl methyl sites for hydroxylation is 1. The minimum Gasteiger partial charge on any atom is -0.353 e. The SMILES string of the molecule is CC[C@H](C)C1CN(C(=O)CN2CCCC2)CN1c1ccc2[nH]c(-c3cn4ncnc4c(C)c3C)c(C(C)C)c2n1. The topological polar surface area (TPSA) is 85.7 Å². The van der Waals surface area contributed by atoms with Gasteiger partial charge in [0.2, 0.25) is 5.91 Å². The predicted octanol–water partition coefficient (Wildman–Crippen LogP) is 5.13. The Morgan fingerprint density at radius 3 is 2.62 bits per heavy atom. The molecule has 9 nitrogen and oxygen atoms in total. The van der Waals surface area contributed by atoms with Crippen molar-refractivity contribution in [3.8, 4) is 11.3 Å². The number of amides is 1. The second kappa shape index (κ2) is 10.5. The molecule has 40 heavy (non-hydrogen) atoms. The first-order valence-corrected chi connectivity index (χ1v) is 14.9. The van der Waals surface area contributed by atoms with Crippen molar-refractivity contribution in [2.45, 2.75) is 72.8 Å². The summed E-state index contributed by atoms with van der Waals surface area (Å²) in [6, 6.07) is 4.53. The van der Waals surface area contributed by atoms with Crippen molar-refractivity contribution in [3.05, 3.63) is 41.3 Å². The van der Waals surface area contributed by atoms with Gasteiger partial charge in [-0.2, -0.15) is 5.10 Å². The van der Waals surface area contributed by atoms with Crippen molar-refractivity contribution in [1.29, 1.82) is 0 Å². The summed E-state index contributed by atoms with van der Waals surface area (Å²) < 4.78 is 1.86. The lowest BCUT2D eigenvalue weighted by molar-refractivity contribution is -0.131. The average Bonchev–Trinajstić information content (AvgIpc) is 3.74. The van der Waals surface area contributed by atoms with Gasteiger partial charge in [-0.3, -0.25) is 9.69 Å². The van der Waals surface area contributed by atoms with Gasteiger partial charge < -0.3 is 14.8 Å². The van der Waals surface area contributed by atoms with E-state index in [2.05, 4.69) is 84.7 Å². The standard InChI is InChI=1S/C31H42N8O/c1-7-20(4)25-15-37(27(40)16-36-12-8-9-13-36)18-38(25)26-11-10-24-30(35-26)28(19(2)3)29(34-24)23-14-39-31(32-17-33-39)22(6)21(23)5/h10-11,14,17,19-20,25,34H,7-9,12-13,15-16,18H2,1-6H3/t20-,25?/m0/s1. The van der Waals surface area contributed by atoms with E-state index in [0.29, 0.717) is 19.1 Å². The number of fused-ring (bicyclic) bond motifs is 2. The predicted molar refractivity (Wildman–Crippen MR) is 160 cm³/mol. The van der Waals surface area contributed by atoms with Gasteiger partial charge in [-0.1, -0.05) is 34.1 Å². The van der Waals surface area contributed by atoms with Gasteiger partial charge in [-0.25, -0.2) is 14.5 Å². The Kier molecular flexibility index (Phi) is 7.02. The number of nitrogens with one attached hydrogen (secondary N) is 1. The molecule has 6 rings (SSSR count). The summed E-state index contributed by atoms with van der Waals surface area (Å²) in [4.78, 5) is 33.5. The van der Waals surface area contributed by atoms with Crippen LogP contribution in [-0.2, 0) is 4.79 Å². The van der Waals surface area contributed by atoms with Gasteiger partial charge in [-0.05, 0) is 74.9 Å². The quantitative estimate of drug-likeness (QED) is 0.349. The molecular weight excluding hydrogens is 500 g/mol. The number of H-pyrrole nitrogens is 1. The first-order valence-electron chi connectivity index (χ1n) is 14.9. The molecule has 0 saturated carbocycles.